The molecule has 1 aromatic rings. The number of piperidine rings is 1. The lowest BCUT2D eigenvalue weighted by atomic mass is 10.0. The van der Waals surface area contributed by atoms with Crippen molar-refractivity contribution < 1.29 is 0 Å². The summed E-state index contributed by atoms with van der Waals surface area (Å²) < 4.78 is 0. The largest absolute Gasteiger partial charge is 0.370 e. The van der Waals surface area contributed by atoms with Gasteiger partial charge in [-0.2, -0.15) is 0 Å². The van der Waals surface area contributed by atoms with Crippen LogP contribution in [0.25, 0.3) is 0 Å². The van der Waals surface area contributed by atoms with Crippen LogP contribution in [0, 0.1) is 5.92 Å². The fourth-order valence-corrected chi connectivity index (χ4v) is 3.19. The minimum atomic E-state index is 0.706. The molecule has 2 heterocycles. The second-order valence-corrected chi connectivity index (χ2v) is 6.21. The molecule has 1 saturated heterocycles. The zero-order valence-corrected chi connectivity index (χ0v) is 12.7. The minimum absolute atomic E-state index is 0.706. The first kappa shape index (κ1) is 14.3. The summed E-state index contributed by atoms with van der Waals surface area (Å²) in [7, 11) is 0. The van der Waals surface area contributed by atoms with Crippen LogP contribution in [-0.4, -0.2) is 35.5 Å². The smallest absolute Gasteiger partial charge is 0.191 e. The van der Waals surface area contributed by atoms with Gasteiger partial charge in [-0.25, -0.2) is 4.98 Å². The Morgan fingerprint density at radius 3 is 3.16 bits per heavy atom. The number of hydrogen-bond donors (Lipinski definition) is 1. The van der Waals surface area contributed by atoms with E-state index in [1.807, 2.05) is 0 Å². The first-order valence-corrected chi connectivity index (χ1v) is 8.05. The molecule has 2 N–H and O–H groups in total. The van der Waals surface area contributed by atoms with Crippen LogP contribution >= 0.6 is 11.3 Å². The van der Waals surface area contributed by atoms with Crippen LogP contribution in [0.2, 0.25) is 0 Å². The maximum absolute atomic E-state index is 6.06. The van der Waals surface area contributed by atoms with Gasteiger partial charge in [0.05, 0.1) is 10.7 Å². The van der Waals surface area contributed by atoms with Crippen molar-refractivity contribution >= 4 is 17.3 Å². The van der Waals surface area contributed by atoms with Crippen molar-refractivity contribution in [3.05, 3.63) is 16.1 Å². The fraction of sp³-hybridized carbons (Fsp3) is 0.714. The summed E-state index contributed by atoms with van der Waals surface area (Å²) in [6.45, 7) is 7.25. The Bertz CT molecular complexity index is 427. The molecule has 0 spiro atoms. The van der Waals surface area contributed by atoms with E-state index in [4.69, 9.17) is 5.73 Å². The number of aromatic nitrogens is 1. The van der Waals surface area contributed by atoms with Gasteiger partial charge in [0.25, 0.3) is 0 Å². The number of aliphatic imine (C=N–C) groups is 1. The van der Waals surface area contributed by atoms with E-state index >= 15 is 0 Å². The normalized spacial score (nSPS) is 20.8. The fourth-order valence-electron chi connectivity index (χ4n) is 2.41. The van der Waals surface area contributed by atoms with E-state index in [-0.39, 0.29) is 0 Å². The van der Waals surface area contributed by atoms with Gasteiger partial charge in [0.1, 0.15) is 0 Å². The number of likely N-dealkylation sites (tertiary alicyclic amines) is 1. The van der Waals surface area contributed by atoms with Gasteiger partial charge in [0.2, 0.25) is 0 Å². The van der Waals surface area contributed by atoms with Crippen LogP contribution in [0.5, 0.6) is 0 Å². The van der Waals surface area contributed by atoms with Gasteiger partial charge < -0.3 is 10.6 Å². The monoisotopic (exact) mass is 280 g/mol. The predicted octanol–water partition coefficient (Wildman–Crippen LogP) is 2.29. The highest BCUT2D eigenvalue weighted by molar-refractivity contribution is 7.09. The van der Waals surface area contributed by atoms with Crippen molar-refractivity contribution in [2.45, 2.75) is 39.5 Å². The van der Waals surface area contributed by atoms with Crippen molar-refractivity contribution in [3.63, 3.8) is 0 Å². The first-order chi connectivity index (χ1) is 9.19. The van der Waals surface area contributed by atoms with E-state index < -0.39 is 0 Å². The van der Waals surface area contributed by atoms with Crippen molar-refractivity contribution in [3.8, 4) is 0 Å². The molecule has 0 aromatic carbocycles. The Hall–Kier alpha value is -1.10. The Balaban J connectivity index is 1.80. The zero-order chi connectivity index (χ0) is 13.7. The van der Waals surface area contributed by atoms with E-state index in [1.165, 1.54) is 17.8 Å². The lowest BCUT2D eigenvalue weighted by Gasteiger charge is -2.31. The standard InChI is InChI=1S/C14H24N4S/c1-3-13-17-12(10-19-13)6-7-16-14(15)18-8-4-5-11(2)9-18/h10-11H,3-9H2,1-2H3,(H2,15,16). The molecule has 1 atom stereocenters. The highest BCUT2D eigenvalue weighted by atomic mass is 32.1. The molecule has 1 aromatic heterocycles. The zero-order valence-electron chi connectivity index (χ0n) is 11.9. The molecule has 1 aliphatic rings. The number of thiazole rings is 1. The Labute approximate surface area is 119 Å². The highest BCUT2D eigenvalue weighted by Gasteiger charge is 2.17. The van der Waals surface area contributed by atoms with E-state index in [0.717, 1.165) is 44.1 Å². The number of aryl methyl sites for hydroxylation is 1. The summed E-state index contributed by atoms with van der Waals surface area (Å²) >= 11 is 1.74. The number of hydrogen-bond acceptors (Lipinski definition) is 3. The van der Waals surface area contributed by atoms with Gasteiger partial charge in [0, 0.05) is 31.4 Å². The number of guanidine groups is 1. The summed E-state index contributed by atoms with van der Waals surface area (Å²) in [5, 5.41) is 3.34. The topological polar surface area (TPSA) is 54.5 Å². The Morgan fingerprint density at radius 1 is 1.63 bits per heavy atom. The van der Waals surface area contributed by atoms with E-state index in [1.54, 1.807) is 11.3 Å². The van der Waals surface area contributed by atoms with Crippen LogP contribution in [0.3, 0.4) is 0 Å². The third-order valence-electron chi connectivity index (χ3n) is 3.52. The van der Waals surface area contributed by atoms with Gasteiger partial charge >= 0.3 is 0 Å². The molecule has 1 aliphatic heterocycles. The molecule has 0 amide bonds. The summed E-state index contributed by atoms with van der Waals surface area (Å²) in [5.41, 5.74) is 7.21. The molecule has 0 bridgehead atoms. The van der Waals surface area contributed by atoms with Crippen LogP contribution in [0.4, 0.5) is 0 Å². The molecule has 1 fully saturated rings. The third-order valence-corrected chi connectivity index (χ3v) is 4.57. The van der Waals surface area contributed by atoms with E-state index in [9.17, 15) is 0 Å². The number of nitrogens with zero attached hydrogens (tertiary/aromatic N) is 3. The van der Waals surface area contributed by atoms with E-state index in [2.05, 4.69) is 34.1 Å². The molecule has 0 saturated carbocycles. The van der Waals surface area contributed by atoms with Crippen molar-refractivity contribution in [1.82, 2.24) is 9.88 Å². The van der Waals surface area contributed by atoms with Crippen molar-refractivity contribution in [2.75, 3.05) is 19.6 Å². The van der Waals surface area contributed by atoms with Gasteiger partial charge in [0.15, 0.2) is 5.96 Å². The molecule has 19 heavy (non-hydrogen) atoms. The maximum Gasteiger partial charge on any atom is 0.191 e. The molecular formula is C14H24N4S. The summed E-state index contributed by atoms with van der Waals surface area (Å²) in [4.78, 5) is 11.3. The summed E-state index contributed by atoms with van der Waals surface area (Å²) in [6, 6.07) is 0. The predicted molar refractivity (Wildman–Crippen MR) is 81.7 cm³/mol. The molecule has 1 unspecified atom stereocenters. The second kappa shape index (κ2) is 6.89. The molecule has 4 nitrogen and oxygen atoms in total. The van der Waals surface area contributed by atoms with Gasteiger partial charge in [-0.15, -0.1) is 11.3 Å². The van der Waals surface area contributed by atoms with Crippen molar-refractivity contribution in [1.29, 1.82) is 0 Å². The average Bonchev–Trinajstić information content (AvgIpc) is 2.86. The number of nitrogens with two attached hydrogens (primary N) is 1. The Kier molecular flexibility index (Phi) is 5.19. The maximum atomic E-state index is 6.06. The Morgan fingerprint density at radius 2 is 2.47 bits per heavy atom. The lowest BCUT2D eigenvalue weighted by Crippen LogP contribution is -2.43. The van der Waals surface area contributed by atoms with Gasteiger partial charge in [-0.3, -0.25) is 4.99 Å². The SMILES string of the molecule is CCc1nc(CCN=C(N)N2CCCC(C)C2)cs1. The van der Waals surface area contributed by atoms with Crippen LogP contribution in [0.1, 0.15) is 37.4 Å². The minimum Gasteiger partial charge on any atom is -0.370 e. The first-order valence-electron chi connectivity index (χ1n) is 7.17. The number of rotatable bonds is 4. The van der Waals surface area contributed by atoms with Gasteiger partial charge in [-0.1, -0.05) is 13.8 Å². The summed E-state index contributed by atoms with van der Waals surface area (Å²) in [5.74, 6) is 1.44. The van der Waals surface area contributed by atoms with Crippen LogP contribution in [0.15, 0.2) is 10.4 Å². The van der Waals surface area contributed by atoms with Crippen molar-refractivity contribution in [2.24, 2.45) is 16.6 Å². The second-order valence-electron chi connectivity index (χ2n) is 5.27. The molecule has 2 rings (SSSR count). The third kappa shape index (κ3) is 4.20. The van der Waals surface area contributed by atoms with Crippen LogP contribution in [-0.2, 0) is 12.8 Å². The molecule has 5 heteroatoms. The molecule has 0 aliphatic carbocycles. The molecule has 0 radical (unpaired) electrons. The average molecular weight is 280 g/mol. The van der Waals surface area contributed by atoms with Crippen LogP contribution < -0.4 is 5.73 Å². The highest BCUT2D eigenvalue weighted by Crippen LogP contribution is 2.15. The quantitative estimate of drug-likeness (QED) is 0.680. The van der Waals surface area contributed by atoms with Gasteiger partial charge in [-0.05, 0) is 25.2 Å². The lowest BCUT2D eigenvalue weighted by molar-refractivity contribution is 0.270. The molecule has 106 valence electrons. The van der Waals surface area contributed by atoms with E-state index in [0.29, 0.717) is 5.96 Å². The molecular weight excluding hydrogens is 256 g/mol. The summed E-state index contributed by atoms with van der Waals surface area (Å²) in [6.07, 6.45) is 4.44.